The summed E-state index contributed by atoms with van der Waals surface area (Å²) >= 11 is 3.55. The highest BCUT2D eigenvalue weighted by Gasteiger charge is 2.16. The monoisotopic (exact) mass is 297 g/mol. The average Bonchev–Trinajstić information content (AvgIpc) is 2.23. The van der Waals surface area contributed by atoms with Crippen LogP contribution in [0.4, 0.5) is 0 Å². The van der Waals surface area contributed by atoms with Crippen LogP contribution in [0.15, 0.2) is 28.7 Å². The second-order valence-electron chi connectivity index (χ2n) is 5.91. The Kier molecular flexibility index (Phi) is 5.68. The van der Waals surface area contributed by atoms with Gasteiger partial charge in [-0.3, -0.25) is 0 Å². The molecule has 0 heterocycles. The lowest BCUT2D eigenvalue weighted by Crippen LogP contribution is -2.19. The fraction of sp³-hybridized carbons (Fsp3) is 0.600. The first-order chi connectivity index (χ1) is 7.92. The maximum atomic E-state index is 3.55. The lowest BCUT2D eigenvalue weighted by molar-refractivity contribution is 0.346. The van der Waals surface area contributed by atoms with Gasteiger partial charge < -0.3 is 5.32 Å². The summed E-state index contributed by atoms with van der Waals surface area (Å²) in [6.45, 7) is 7.98. The molecule has 96 valence electrons. The molecule has 0 aliphatic carbocycles. The predicted octanol–water partition coefficient (Wildman–Crippen LogP) is 4.58. The van der Waals surface area contributed by atoms with E-state index in [-0.39, 0.29) is 0 Å². The molecule has 17 heavy (non-hydrogen) atoms. The molecule has 0 saturated carbocycles. The van der Waals surface area contributed by atoms with Crippen molar-refractivity contribution in [1.82, 2.24) is 5.32 Å². The zero-order valence-electron chi connectivity index (χ0n) is 11.4. The van der Waals surface area contributed by atoms with Crippen LogP contribution in [0.1, 0.15) is 45.1 Å². The van der Waals surface area contributed by atoms with Gasteiger partial charge in [0, 0.05) is 11.0 Å². The van der Waals surface area contributed by atoms with Crippen LogP contribution in [0, 0.1) is 5.41 Å². The lowest BCUT2D eigenvalue weighted by atomic mass is 9.84. The van der Waals surface area contributed by atoms with Crippen molar-refractivity contribution in [2.45, 2.75) is 39.5 Å². The van der Waals surface area contributed by atoms with Crippen molar-refractivity contribution in [3.05, 3.63) is 34.3 Å². The van der Waals surface area contributed by atoms with Crippen LogP contribution in [0.2, 0.25) is 0 Å². The standard InChI is InChI=1S/C15H24BrN/c1-15(2,3)9-8-13(11-17-4)12-6-5-7-14(16)10-12/h5-7,10,13,17H,8-9,11H2,1-4H3. The Balaban J connectivity index is 2.71. The Morgan fingerprint density at radius 1 is 1.29 bits per heavy atom. The van der Waals surface area contributed by atoms with Gasteiger partial charge in [0.2, 0.25) is 0 Å². The van der Waals surface area contributed by atoms with Gasteiger partial charge in [-0.2, -0.15) is 0 Å². The Morgan fingerprint density at radius 3 is 2.53 bits per heavy atom. The van der Waals surface area contributed by atoms with Crippen LogP contribution < -0.4 is 5.32 Å². The fourth-order valence-corrected chi connectivity index (χ4v) is 2.42. The van der Waals surface area contributed by atoms with Crippen LogP contribution in [0.3, 0.4) is 0 Å². The van der Waals surface area contributed by atoms with E-state index in [0.717, 1.165) is 6.54 Å². The highest BCUT2D eigenvalue weighted by atomic mass is 79.9. The summed E-state index contributed by atoms with van der Waals surface area (Å²) in [5.74, 6) is 0.608. The molecule has 1 nitrogen and oxygen atoms in total. The van der Waals surface area contributed by atoms with Crippen molar-refractivity contribution in [2.75, 3.05) is 13.6 Å². The first-order valence-electron chi connectivity index (χ1n) is 6.32. The molecule has 2 heteroatoms. The topological polar surface area (TPSA) is 12.0 Å². The molecule has 1 aromatic carbocycles. The van der Waals surface area contributed by atoms with E-state index in [1.165, 1.54) is 22.9 Å². The maximum absolute atomic E-state index is 3.55. The van der Waals surface area contributed by atoms with Gasteiger partial charge in [-0.15, -0.1) is 0 Å². The molecule has 0 aliphatic heterocycles. The summed E-state index contributed by atoms with van der Waals surface area (Å²) < 4.78 is 1.17. The van der Waals surface area contributed by atoms with E-state index in [0.29, 0.717) is 11.3 Å². The number of halogens is 1. The summed E-state index contributed by atoms with van der Waals surface area (Å²) in [7, 11) is 2.03. The minimum Gasteiger partial charge on any atom is -0.319 e. The fourth-order valence-electron chi connectivity index (χ4n) is 2.00. The summed E-state index contributed by atoms with van der Waals surface area (Å²) in [5.41, 5.74) is 1.84. The van der Waals surface area contributed by atoms with Crippen molar-refractivity contribution in [3.8, 4) is 0 Å². The Morgan fingerprint density at radius 2 is 2.00 bits per heavy atom. The summed E-state index contributed by atoms with van der Waals surface area (Å²) in [5, 5.41) is 3.31. The average molecular weight is 298 g/mol. The first-order valence-corrected chi connectivity index (χ1v) is 7.12. The largest absolute Gasteiger partial charge is 0.319 e. The molecule has 0 aromatic heterocycles. The predicted molar refractivity (Wildman–Crippen MR) is 79.5 cm³/mol. The number of hydrogen-bond donors (Lipinski definition) is 1. The minimum atomic E-state index is 0.415. The van der Waals surface area contributed by atoms with E-state index >= 15 is 0 Å². The molecule has 0 amide bonds. The zero-order chi connectivity index (χ0) is 12.9. The van der Waals surface area contributed by atoms with Gasteiger partial charge in [0.1, 0.15) is 0 Å². The van der Waals surface area contributed by atoms with Gasteiger partial charge in [-0.05, 0) is 48.9 Å². The third-order valence-electron chi connectivity index (χ3n) is 3.01. The summed E-state index contributed by atoms with van der Waals surface area (Å²) in [4.78, 5) is 0. The van der Waals surface area contributed by atoms with E-state index in [1.54, 1.807) is 0 Å². The Hall–Kier alpha value is -0.340. The van der Waals surface area contributed by atoms with Crippen LogP contribution in [0.25, 0.3) is 0 Å². The molecule has 0 radical (unpaired) electrons. The van der Waals surface area contributed by atoms with Gasteiger partial charge in [0.15, 0.2) is 0 Å². The van der Waals surface area contributed by atoms with Gasteiger partial charge >= 0.3 is 0 Å². The summed E-state index contributed by atoms with van der Waals surface area (Å²) in [6.07, 6.45) is 2.49. The second kappa shape index (κ2) is 6.55. The van der Waals surface area contributed by atoms with E-state index < -0.39 is 0 Å². The number of hydrogen-bond acceptors (Lipinski definition) is 1. The molecule has 0 bridgehead atoms. The third kappa shape index (κ3) is 5.69. The smallest absolute Gasteiger partial charge is 0.0178 e. The highest BCUT2D eigenvalue weighted by molar-refractivity contribution is 9.10. The maximum Gasteiger partial charge on any atom is 0.0178 e. The lowest BCUT2D eigenvalue weighted by Gasteiger charge is -2.23. The van der Waals surface area contributed by atoms with E-state index in [9.17, 15) is 0 Å². The number of rotatable bonds is 5. The van der Waals surface area contributed by atoms with Crippen molar-refractivity contribution in [1.29, 1.82) is 0 Å². The van der Waals surface area contributed by atoms with Gasteiger partial charge in [0.05, 0.1) is 0 Å². The van der Waals surface area contributed by atoms with E-state index in [1.807, 2.05) is 7.05 Å². The molecule has 0 saturated heterocycles. The van der Waals surface area contributed by atoms with Crippen molar-refractivity contribution < 1.29 is 0 Å². The molecule has 1 atom stereocenters. The second-order valence-corrected chi connectivity index (χ2v) is 6.82. The molecule has 0 fully saturated rings. The number of nitrogens with one attached hydrogen (secondary N) is 1. The van der Waals surface area contributed by atoms with Crippen LogP contribution in [-0.4, -0.2) is 13.6 Å². The summed E-state index contributed by atoms with van der Waals surface area (Å²) in [6, 6.07) is 8.68. The normalized spacial score (nSPS) is 13.7. The molecule has 0 aliphatic rings. The molecular weight excluding hydrogens is 274 g/mol. The molecule has 0 spiro atoms. The molecule has 1 unspecified atom stereocenters. The molecule has 1 rings (SSSR count). The van der Waals surface area contributed by atoms with Crippen molar-refractivity contribution >= 4 is 15.9 Å². The van der Waals surface area contributed by atoms with Gasteiger partial charge in [0.25, 0.3) is 0 Å². The van der Waals surface area contributed by atoms with Crippen LogP contribution in [-0.2, 0) is 0 Å². The molecular formula is C15H24BrN. The van der Waals surface area contributed by atoms with Crippen molar-refractivity contribution in [2.24, 2.45) is 5.41 Å². The Labute approximate surface area is 114 Å². The van der Waals surface area contributed by atoms with Crippen LogP contribution in [0.5, 0.6) is 0 Å². The number of benzene rings is 1. The van der Waals surface area contributed by atoms with Gasteiger partial charge in [-0.1, -0.05) is 48.8 Å². The van der Waals surface area contributed by atoms with Crippen molar-refractivity contribution in [3.63, 3.8) is 0 Å². The highest BCUT2D eigenvalue weighted by Crippen LogP contribution is 2.29. The van der Waals surface area contributed by atoms with E-state index in [2.05, 4.69) is 66.3 Å². The van der Waals surface area contributed by atoms with Crippen LogP contribution >= 0.6 is 15.9 Å². The SMILES string of the molecule is CNCC(CCC(C)(C)C)c1cccc(Br)c1. The Bertz CT molecular complexity index is 341. The number of likely N-dealkylation sites (N-methyl/N-ethyl adjacent to an activating group) is 1. The van der Waals surface area contributed by atoms with Gasteiger partial charge in [-0.25, -0.2) is 0 Å². The minimum absolute atomic E-state index is 0.415. The zero-order valence-corrected chi connectivity index (χ0v) is 13.0. The quantitative estimate of drug-likeness (QED) is 0.839. The first kappa shape index (κ1) is 14.7. The third-order valence-corrected chi connectivity index (χ3v) is 3.51. The molecule has 1 aromatic rings. The molecule has 1 N–H and O–H groups in total. The van der Waals surface area contributed by atoms with E-state index in [4.69, 9.17) is 0 Å².